The average Bonchev–Trinajstić information content (AvgIpc) is 2.29. The molecule has 0 aliphatic rings. The molecule has 0 atom stereocenters. The zero-order valence-electron chi connectivity index (χ0n) is 10.1. The maximum Gasteiger partial charge on any atom is 0.337 e. The fourth-order valence-corrected chi connectivity index (χ4v) is 1.65. The lowest BCUT2D eigenvalue weighted by Gasteiger charge is -2.25. The number of nitrogens with one attached hydrogen (secondary N) is 1. The Bertz CT molecular complexity index is 430. The third-order valence-corrected chi connectivity index (χ3v) is 2.47. The van der Waals surface area contributed by atoms with Gasteiger partial charge in [-0.25, -0.2) is 4.79 Å². The number of nitrogens with zero attached hydrogens (tertiary/aromatic N) is 1. The summed E-state index contributed by atoms with van der Waals surface area (Å²) >= 11 is 0. The quantitative estimate of drug-likeness (QED) is 0.765. The van der Waals surface area contributed by atoms with E-state index < -0.39 is 5.97 Å². The molecule has 0 saturated heterocycles. The lowest BCUT2D eigenvalue weighted by molar-refractivity contribution is -0.107. The summed E-state index contributed by atoms with van der Waals surface area (Å²) < 4.78 is 0. The molecule has 92 valence electrons. The minimum absolute atomic E-state index is 0.0383. The van der Waals surface area contributed by atoms with Crippen molar-refractivity contribution in [3.05, 3.63) is 23.8 Å². The van der Waals surface area contributed by atoms with E-state index in [2.05, 4.69) is 5.32 Å². The molecule has 5 nitrogen and oxygen atoms in total. The highest BCUT2D eigenvalue weighted by molar-refractivity contribution is 6.00. The molecule has 1 aromatic rings. The molecule has 0 aromatic heterocycles. The van der Waals surface area contributed by atoms with E-state index in [9.17, 15) is 9.59 Å². The van der Waals surface area contributed by atoms with Gasteiger partial charge in [-0.2, -0.15) is 0 Å². The van der Waals surface area contributed by atoms with Crippen LogP contribution in [-0.2, 0) is 4.79 Å². The fraction of sp³-hybridized carbons (Fsp3) is 0.333. The number of rotatable bonds is 5. The first-order chi connectivity index (χ1) is 8.02. The number of carbonyl (C=O) groups is 2. The number of carboxylic acid groups (broad SMARTS) is 1. The largest absolute Gasteiger partial charge is 0.478 e. The number of aromatic carboxylic acids is 1. The molecule has 0 bridgehead atoms. The van der Waals surface area contributed by atoms with Crippen molar-refractivity contribution in [2.75, 3.05) is 17.3 Å². The maximum atomic E-state index is 11.1. The molecule has 0 fully saturated rings. The standard InChI is InChI=1S/C12H16N2O3/c1-8(2)14(7-15)10-6-4-5-9(12(16)17)11(10)13-3/h4-8,13H,1-3H3,(H,16,17). The van der Waals surface area contributed by atoms with Crippen LogP contribution in [0.1, 0.15) is 24.2 Å². The predicted octanol–water partition coefficient (Wildman–Crippen LogP) is 1.80. The van der Waals surface area contributed by atoms with Crippen molar-refractivity contribution in [1.29, 1.82) is 0 Å². The first kappa shape index (κ1) is 13.0. The van der Waals surface area contributed by atoms with E-state index in [-0.39, 0.29) is 11.6 Å². The molecule has 0 radical (unpaired) electrons. The van der Waals surface area contributed by atoms with Crippen LogP contribution in [0.4, 0.5) is 11.4 Å². The molecule has 17 heavy (non-hydrogen) atoms. The summed E-state index contributed by atoms with van der Waals surface area (Å²) in [5.74, 6) is -1.02. The lowest BCUT2D eigenvalue weighted by Crippen LogP contribution is -2.30. The van der Waals surface area contributed by atoms with Crippen LogP contribution in [0.3, 0.4) is 0 Å². The molecule has 0 unspecified atom stereocenters. The van der Waals surface area contributed by atoms with Gasteiger partial charge in [-0.05, 0) is 26.0 Å². The van der Waals surface area contributed by atoms with Crippen molar-refractivity contribution in [3.8, 4) is 0 Å². The molecule has 0 heterocycles. The first-order valence-electron chi connectivity index (χ1n) is 5.30. The van der Waals surface area contributed by atoms with Crippen molar-refractivity contribution in [2.45, 2.75) is 19.9 Å². The van der Waals surface area contributed by atoms with Gasteiger partial charge in [0.2, 0.25) is 6.41 Å². The highest BCUT2D eigenvalue weighted by Crippen LogP contribution is 2.29. The summed E-state index contributed by atoms with van der Waals surface area (Å²) in [6, 6.07) is 4.80. The van der Waals surface area contributed by atoms with Gasteiger partial charge in [0.05, 0.1) is 16.9 Å². The summed E-state index contributed by atoms with van der Waals surface area (Å²) in [4.78, 5) is 23.6. The minimum Gasteiger partial charge on any atom is -0.478 e. The molecule has 0 aliphatic heterocycles. The molecule has 1 aromatic carbocycles. The van der Waals surface area contributed by atoms with Crippen LogP contribution >= 0.6 is 0 Å². The van der Waals surface area contributed by atoms with Gasteiger partial charge in [-0.1, -0.05) is 6.07 Å². The van der Waals surface area contributed by atoms with Crippen molar-refractivity contribution in [1.82, 2.24) is 0 Å². The third kappa shape index (κ3) is 2.55. The Balaban J connectivity index is 3.37. The van der Waals surface area contributed by atoms with Crippen LogP contribution in [0.5, 0.6) is 0 Å². The van der Waals surface area contributed by atoms with E-state index in [1.54, 1.807) is 19.2 Å². The molecule has 0 spiro atoms. The van der Waals surface area contributed by atoms with Crippen LogP contribution in [0.15, 0.2) is 18.2 Å². The Morgan fingerprint density at radius 3 is 2.53 bits per heavy atom. The summed E-state index contributed by atoms with van der Waals surface area (Å²) in [5, 5.41) is 11.9. The van der Waals surface area contributed by atoms with Gasteiger partial charge >= 0.3 is 5.97 Å². The van der Waals surface area contributed by atoms with Gasteiger partial charge in [0.15, 0.2) is 0 Å². The van der Waals surface area contributed by atoms with Gasteiger partial charge in [0.1, 0.15) is 0 Å². The second-order valence-electron chi connectivity index (χ2n) is 3.86. The normalized spacial score (nSPS) is 10.1. The maximum absolute atomic E-state index is 11.1. The fourth-order valence-electron chi connectivity index (χ4n) is 1.65. The van der Waals surface area contributed by atoms with Crippen molar-refractivity contribution in [3.63, 3.8) is 0 Å². The van der Waals surface area contributed by atoms with Gasteiger partial charge in [0, 0.05) is 13.1 Å². The van der Waals surface area contributed by atoms with Crippen LogP contribution < -0.4 is 10.2 Å². The molecule has 1 rings (SSSR count). The van der Waals surface area contributed by atoms with Crippen molar-refractivity contribution in [2.24, 2.45) is 0 Å². The number of hydrogen-bond acceptors (Lipinski definition) is 3. The van der Waals surface area contributed by atoms with Crippen molar-refractivity contribution < 1.29 is 14.7 Å². The molecule has 1 amide bonds. The van der Waals surface area contributed by atoms with Crippen molar-refractivity contribution >= 4 is 23.8 Å². The molecule has 2 N–H and O–H groups in total. The molecule has 0 aliphatic carbocycles. The number of carboxylic acids is 1. The smallest absolute Gasteiger partial charge is 0.337 e. The van der Waals surface area contributed by atoms with E-state index in [4.69, 9.17) is 5.11 Å². The van der Waals surface area contributed by atoms with E-state index in [0.29, 0.717) is 17.8 Å². The second-order valence-corrected chi connectivity index (χ2v) is 3.86. The number of amides is 1. The van der Waals surface area contributed by atoms with E-state index in [0.717, 1.165) is 0 Å². The van der Waals surface area contributed by atoms with Crippen LogP contribution in [-0.4, -0.2) is 30.6 Å². The first-order valence-corrected chi connectivity index (χ1v) is 5.30. The van der Waals surface area contributed by atoms with Gasteiger partial charge < -0.3 is 15.3 Å². The number of hydrogen-bond donors (Lipinski definition) is 2. The Morgan fingerprint density at radius 2 is 2.12 bits per heavy atom. The van der Waals surface area contributed by atoms with Gasteiger partial charge in [-0.3, -0.25) is 4.79 Å². The zero-order valence-corrected chi connectivity index (χ0v) is 10.1. The summed E-state index contributed by atoms with van der Waals surface area (Å²) in [5.41, 5.74) is 1.16. The highest BCUT2D eigenvalue weighted by Gasteiger charge is 2.18. The predicted molar refractivity (Wildman–Crippen MR) is 66.6 cm³/mol. The van der Waals surface area contributed by atoms with E-state index in [1.807, 2.05) is 13.8 Å². The third-order valence-electron chi connectivity index (χ3n) is 2.47. The van der Waals surface area contributed by atoms with Crippen LogP contribution in [0.2, 0.25) is 0 Å². The number of carbonyl (C=O) groups excluding carboxylic acids is 1. The minimum atomic E-state index is -1.02. The Labute approximate surface area is 100 Å². The number of anilines is 2. The molecular weight excluding hydrogens is 220 g/mol. The van der Waals surface area contributed by atoms with Crippen LogP contribution in [0, 0.1) is 0 Å². The summed E-state index contributed by atoms with van der Waals surface area (Å²) in [6.07, 6.45) is 0.701. The average molecular weight is 236 g/mol. The Hall–Kier alpha value is -2.04. The highest BCUT2D eigenvalue weighted by atomic mass is 16.4. The van der Waals surface area contributed by atoms with Gasteiger partial charge in [-0.15, -0.1) is 0 Å². The zero-order chi connectivity index (χ0) is 13.0. The topological polar surface area (TPSA) is 69.6 Å². The Kier molecular flexibility index (Phi) is 4.09. The Morgan fingerprint density at radius 1 is 1.47 bits per heavy atom. The second kappa shape index (κ2) is 5.34. The summed E-state index contributed by atoms with van der Waals surface area (Å²) in [7, 11) is 1.63. The molecular formula is C12H16N2O3. The SMILES string of the molecule is CNc1c(C(=O)O)cccc1N(C=O)C(C)C. The lowest BCUT2D eigenvalue weighted by atomic mass is 10.1. The number of benzene rings is 1. The van der Waals surface area contributed by atoms with Gasteiger partial charge in [0.25, 0.3) is 0 Å². The molecule has 5 heteroatoms. The van der Waals surface area contributed by atoms with E-state index in [1.165, 1.54) is 11.0 Å². The van der Waals surface area contributed by atoms with E-state index >= 15 is 0 Å². The number of para-hydroxylation sites is 1. The molecule has 0 saturated carbocycles. The monoisotopic (exact) mass is 236 g/mol. The summed E-state index contributed by atoms with van der Waals surface area (Å²) in [6.45, 7) is 3.72. The van der Waals surface area contributed by atoms with Crippen LogP contribution in [0.25, 0.3) is 0 Å².